The topological polar surface area (TPSA) is 62.3 Å². The highest BCUT2D eigenvalue weighted by molar-refractivity contribution is 7.83. The molecule has 96 valence electrons. The van der Waals surface area contributed by atoms with Gasteiger partial charge in [0.2, 0.25) is 5.91 Å². The number of pyridine rings is 1. The molecule has 3 heterocycles. The van der Waals surface area contributed by atoms with Gasteiger partial charge < -0.3 is 4.90 Å². The fourth-order valence-corrected chi connectivity index (χ4v) is 3.83. The number of hydrogen-bond acceptors (Lipinski definition) is 4. The predicted molar refractivity (Wildman–Crippen MR) is 67.2 cm³/mol. The molecule has 0 saturated carbocycles. The smallest absolute Gasteiger partial charge is 0.242 e. The van der Waals surface area contributed by atoms with Crippen LogP contribution >= 0.6 is 0 Å². The van der Waals surface area contributed by atoms with Crippen LogP contribution < -0.4 is 4.72 Å². The van der Waals surface area contributed by atoms with E-state index in [1.165, 1.54) is 0 Å². The molecule has 1 unspecified atom stereocenters. The zero-order valence-electron chi connectivity index (χ0n) is 10.2. The van der Waals surface area contributed by atoms with Gasteiger partial charge in [-0.15, -0.1) is 0 Å². The predicted octanol–water partition coefficient (Wildman–Crippen LogP) is 0.197. The van der Waals surface area contributed by atoms with Crippen LogP contribution in [0, 0.1) is 0 Å². The molecule has 2 aliphatic rings. The Morgan fingerprint density at radius 1 is 1.44 bits per heavy atom. The minimum Gasteiger partial charge on any atom is -0.306 e. The van der Waals surface area contributed by atoms with Crippen molar-refractivity contribution < 1.29 is 9.00 Å². The third-order valence-corrected chi connectivity index (χ3v) is 4.97. The zero-order valence-corrected chi connectivity index (χ0v) is 11.0. The summed E-state index contributed by atoms with van der Waals surface area (Å²) in [5.74, 6) is -0.116. The van der Waals surface area contributed by atoms with Crippen molar-refractivity contribution in [1.29, 1.82) is 0 Å². The van der Waals surface area contributed by atoms with Crippen molar-refractivity contribution in [3.8, 4) is 0 Å². The third kappa shape index (κ3) is 1.59. The summed E-state index contributed by atoms with van der Waals surface area (Å²) in [5.41, 5.74) is 0.310. The molecule has 0 bridgehead atoms. The first-order chi connectivity index (χ1) is 8.63. The molecule has 1 aromatic rings. The Balaban J connectivity index is 2.12. The van der Waals surface area contributed by atoms with Crippen LogP contribution in [0.5, 0.6) is 0 Å². The van der Waals surface area contributed by atoms with Gasteiger partial charge in [0.1, 0.15) is 0 Å². The van der Waals surface area contributed by atoms with Crippen molar-refractivity contribution in [1.82, 2.24) is 14.6 Å². The molecule has 18 heavy (non-hydrogen) atoms. The van der Waals surface area contributed by atoms with Crippen molar-refractivity contribution in [2.24, 2.45) is 0 Å². The van der Waals surface area contributed by atoms with Gasteiger partial charge in [-0.2, -0.15) is 0 Å². The number of carbonyl (C=O) groups is 1. The first-order valence-corrected chi connectivity index (χ1v) is 7.15. The van der Waals surface area contributed by atoms with Gasteiger partial charge in [-0.05, 0) is 39.0 Å². The van der Waals surface area contributed by atoms with Gasteiger partial charge in [-0.25, -0.2) is 9.19 Å². The molecule has 5 nitrogen and oxygen atoms in total. The molecular weight excluding hydrogens is 250 g/mol. The SMILES string of the molecule is CN1CCC2(CC1)C(=O)NS(=O)c1ncccc12. The van der Waals surface area contributed by atoms with Gasteiger partial charge in [0.25, 0.3) is 0 Å². The molecule has 1 amide bonds. The Morgan fingerprint density at radius 3 is 2.89 bits per heavy atom. The molecule has 0 radical (unpaired) electrons. The summed E-state index contributed by atoms with van der Waals surface area (Å²) in [6.07, 6.45) is 3.13. The number of carbonyl (C=O) groups excluding carboxylic acids is 1. The zero-order chi connectivity index (χ0) is 12.8. The van der Waals surface area contributed by atoms with Gasteiger partial charge in [-0.3, -0.25) is 9.52 Å². The first kappa shape index (κ1) is 11.8. The van der Waals surface area contributed by atoms with Gasteiger partial charge in [-0.1, -0.05) is 6.07 Å². The van der Waals surface area contributed by atoms with Crippen molar-refractivity contribution in [2.45, 2.75) is 23.3 Å². The lowest BCUT2D eigenvalue weighted by Crippen LogP contribution is -2.54. The molecule has 1 atom stereocenters. The maximum atomic E-state index is 12.3. The molecule has 6 heteroatoms. The second-order valence-electron chi connectivity index (χ2n) is 4.94. The summed E-state index contributed by atoms with van der Waals surface area (Å²) in [5, 5.41) is 0.515. The molecule has 1 saturated heterocycles. The molecule has 1 spiro atoms. The summed E-state index contributed by atoms with van der Waals surface area (Å²) in [7, 11) is 0.546. The molecule has 1 fully saturated rings. The van der Waals surface area contributed by atoms with E-state index in [0.717, 1.165) is 31.5 Å². The Bertz CT molecular complexity index is 524. The molecule has 0 aromatic carbocycles. The summed E-state index contributed by atoms with van der Waals surface area (Å²) < 4.78 is 14.5. The number of rotatable bonds is 0. The average Bonchev–Trinajstić information content (AvgIpc) is 2.39. The maximum Gasteiger partial charge on any atom is 0.242 e. The molecule has 1 N–H and O–H groups in total. The third-order valence-electron chi connectivity index (χ3n) is 3.92. The first-order valence-electron chi connectivity index (χ1n) is 6.00. The van der Waals surface area contributed by atoms with Crippen LogP contribution in [-0.2, 0) is 21.2 Å². The Morgan fingerprint density at radius 2 is 2.17 bits per heavy atom. The number of aromatic nitrogens is 1. The monoisotopic (exact) mass is 265 g/mol. The van der Waals surface area contributed by atoms with E-state index in [1.54, 1.807) is 6.20 Å². The van der Waals surface area contributed by atoms with Gasteiger partial charge >= 0.3 is 0 Å². The van der Waals surface area contributed by atoms with Crippen molar-refractivity contribution in [2.75, 3.05) is 20.1 Å². The number of piperidine rings is 1. The van der Waals surface area contributed by atoms with Gasteiger partial charge in [0.15, 0.2) is 16.0 Å². The average molecular weight is 265 g/mol. The lowest BCUT2D eigenvalue weighted by Gasteiger charge is -2.41. The highest BCUT2D eigenvalue weighted by atomic mass is 32.2. The van der Waals surface area contributed by atoms with E-state index in [4.69, 9.17) is 0 Å². The van der Waals surface area contributed by atoms with E-state index in [0.29, 0.717) is 5.03 Å². The summed E-state index contributed by atoms with van der Waals surface area (Å²) in [6.45, 7) is 1.74. The van der Waals surface area contributed by atoms with Crippen LogP contribution in [-0.4, -0.2) is 40.1 Å². The van der Waals surface area contributed by atoms with Crippen LogP contribution in [0.2, 0.25) is 0 Å². The van der Waals surface area contributed by atoms with Crippen LogP contribution in [0.4, 0.5) is 0 Å². The second kappa shape index (κ2) is 4.13. The summed E-state index contributed by atoms with van der Waals surface area (Å²) >= 11 is 0. The van der Waals surface area contributed by atoms with E-state index < -0.39 is 16.4 Å². The fourth-order valence-electron chi connectivity index (χ4n) is 2.75. The molecular formula is C12H15N3O2S. The minimum absolute atomic E-state index is 0.116. The number of nitrogens with zero attached hydrogens (tertiary/aromatic N) is 2. The number of likely N-dealkylation sites (tertiary alicyclic amines) is 1. The van der Waals surface area contributed by atoms with E-state index >= 15 is 0 Å². The maximum absolute atomic E-state index is 12.3. The Labute approximate surface area is 108 Å². The van der Waals surface area contributed by atoms with Crippen molar-refractivity contribution in [3.63, 3.8) is 0 Å². The number of fused-ring (bicyclic) bond motifs is 2. The number of hydrogen-bond donors (Lipinski definition) is 1. The standard InChI is InChI=1S/C12H15N3O2S/c1-15-7-4-12(5-8-15)9-3-2-6-13-10(9)18(17)14-11(12)16/h2-3,6H,4-5,7-8H2,1H3,(H,14,16). The van der Waals surface area contributed by atoms with Gasteiger partial charge in [0.05, 0.1) is 5.41 Å². The van der Waals surface area contributed by atoms with E-state index in [9.17, 15) is 9.00 Å². The highest BCUT2D eigenvalue weighted by Crippen LogP contribution is 2.40. The Kier molecular flexibility index (Phi) is 2.71. The van der Waals surface area contributed by atoms with Crippen LogP contribution in [0.25, 0.3) is 0 Å². The summed E-state index contributed by atoms with van der Waals surface area (Å²) in [6, 6.07) is 3.71. The largest absolute Gasteiger partial charge is 0.306 e. The van der Waals surface area contributed by atoms with Crippen molar-refractivity contribution >= 4 is 16.9 Å². The van der Waals surface area contributed by atoms with E-state index in [2.05, 4.69) is 21.7 Å². The lowest BCUT2D eigenvalue weighted by molar-refractivity contribution is -0.127. The molecule has 1 aromatic heterocycles. The minimum atomic E-state index is -1.51. The normalized spacial score (nSPS) is 26.7. The number of nitrogens with one attached hydrogen (secondary N) is 1. The van der Waals surface area contributed by atoms with Crippen LogP contribution in [0.1, 0.15) is 18.4 Å². The van der Waals surface area contributed by atoms with E-state index in [-0.39, 0.29) is 5.91 Å². The van der Waals surface area contributed by atoms with Crippen LogP contribution in [0.15, 0.2) is 23.4 Å². The summed E-state index contributed by atoms with van der Waals surface area (Å²) in [4.78, 5) is 18.7. The molecule has 2 aliphatic heterocycles. The number of amides is 1. The molecule has 3 rings (SSSR count). The van der Waals surface area contributed by atoms with Crippen molar-refractivity contribution in [3.05, 3.63) is 23.9 Å². The van der Waals surface area contributed by atoms with Gasteiger partial charge in [0, 0.05) is 11.8 Å². The van der Waals surface area contributed by atoms with Crippen LogP contribution in [0.3, 0.4) is 0 Å². The Hall–Kier alpha value is -1.27. The lowest BCUT2D eigenvalue weighted by atomic mass is 9.72. The second-order valence-corrected chi connectivity index (χ2v) is 6.07. The quantitative estimate of drug-likeness (QED) is 0.728. The van der Waals surface area contributed by atoms with E-state index in [1.807, 2.05) is 12.1 Å². The highest BCUT2D eigenvalue weighted by Gasteiger charge is 2.48. The molecule has 0 aliphatic carbocycles. The fraction of sp³-hybridized carbons (Fsp3) is 0.500.